The number of aromatic nitrogens is 1. The second-order valence-electron chi connectivity index (χ2n) is 7.22. The Hall–Kier alpha value is -1.91. The molecule has 1 amide bonds. The van der Waals surface area contributed by atoms with E-state index < -0.39 is 22.2 Å². The Morgan fingerprint density at radius 3 is 2.61 bits per heavy atom. The molecule has 1 saturated heterocycles. The number of pyridine rings is 1. The Morgan fingerprint density at radius 1 is 1.26 bits per heavy atom. The van der Waals surface area contributed by atoms with Gasteiger partial charge < -0.3 is 15.2 Å². The summed E-state index contributed by atoms with van der Waals surface area (Å²) < 4.78 is 33.1. The quantitative estimate of drug-likeness (QED) is 0.587. The number of amides is 1. The van der Waals surface area contributed by atoms with Crippen LogP contribution in [-0.2, 0) is 21.4 Å². The van der Waals surface area contributed by atoms with E-state index in [-0.39, 0.29) is 11.9 Å². The van der Waals surface area contributed by atoms with Crippen LogP contribution in [0.3, 0.4) is 0 Å². The van der Waals surface area contributed by atoms with Crippen molar-refractivity contribution in [3.05, 3.63) is 63.9 Å². The number of ether oxygens (including phenoxy) is 1. The zero-order valence-electron chi connectivity index (χ0n) is 16.6. The van der Waals surface area contributed by atoms with Crippen LogP contribution in [0.1, 0.15) is 30.0 Å². The molecular weight excluding hydrogens is 465 g/mol. The summed E-state index contributed by atoms with van der Waals surface area (Å²) in [5, 5.41) is 12.3. The van der Waals surface area contributed by atoms with Crippen LogP contribution in [0.15, 0.2) is 42.7 Å². The molecule has 0 radical (unpaired) electrons. The summed E-state index contributed by atoms with van der Waals surface area (Å²) in [7, 11) is -3.69. The zero-order valence-corrected chi connectivity index (χ0v) is 18.9. The van der Waals surface area contributed by atoms with Crippen molar-refractivity contribution in [2.24, 2.45) is 0 Å². The van der Waals surface area contributed by atoms with Gasteiger partial charge in [0.15, 0.2) is 0 Å². The molecular formula is C20H23Cl2N3O5S. The fourth-order valence-electron chi connectivity index (χ4n) is 3.39. The Morgan fingerprint density at radius 2 is 2.00 bits per heavy atom. The van der Waals surface area contributed by atoms with Gasteiger partial charge in [0.1, 0.15) is 0 Å². The van der Waals surface area contributed by atoms with E-state index in [4.69, 9.17) is 33.0 Å². The predicted molar refractivity (Wildman–Crippen MR) is 118 cm³/mol. The minimum absolute atomic E-state index is 0.0767. The van der Waals surface area contributed by atoms with Crippen LogP contribution in [0.25, 0.3) is 0 Å². The normalized spacial score (nSPS) is 16.7. The highest BCUT2D eigenvalue weighted by Gasteiger charge is 2.31. The summed E-state index contributed by atoms with van der Waals surface area (Å²) in [6.07, 6.45) is 2.72. The van der Waals surface area contributed by atoms with Crippen LogP contribution in [0, 0.1) is 0 Å². The Labute approximate surface area is 191 Å². The van der Waals surface area contributed by atoms with Crippen LogP contribution in [-0.4, -0.2) is 53.9 Å². The topological polar surface area (TPSA) is 109 Å². The third-order valence-corrected chi connectivity index (χ3v) is 7.67. The largest absolute Gasteiger partial charge is 0.465 e. The fraction of sp³-hybridized carbons (Fsp3) is 0.400. The molecule has 2 N–H and O–H groups in total. The number of nitrogens with one attached hydrogen (secondary N) is 1. The second kappa shape index (κ2) is 10.6. The fourth-order valence-corrected chi connectivity index (χ4v) is 5.38. The van der Waals surface area contributed by atoms with E-state index in [0.29, 0.717) is 48.1 Å². The van der Waals surface area contributed by atoms with Gasteiger partial charge in [-0.25, -0.2) is 17.5 Å². The molecule has 0 saturated carbocycles. The Bertz CT molecular complexity index is 999. The van der Waals surface area contributed by atoms with E-state index in [1.165, 1.54) is 10.5 Å². The van der Waals surface area contributed by atoms with Crippen LogP contribution in [0.5, 0.6) is 0 Å². The van der Waals surface area contributed by atoms with Crippen molar-refractivity contribution in [2.75, 3.05) is 18.8 Å². The minimum Gasteiger partial charge on any atom is -0.465 e. The van der Waals surface area contributed by atoms with Crippen molar-refractivity contribution in [3.63, 3.8) is 0 Å². The van der Waals surface area contributed by atoms with Gasteiger partial charge in [0.25, 0.3) is 0 Å². The lowest BCUT2D eigenvalue weighted by Gasteiger charge is -2.32. The molecule has 3 rings (SSSR count). The van der Waals surface area contributed by atoms with E-state index in [0.717, 1.165) is 5.56 Å². The van der Waals surface area contributed by atoms with Crippen LogP contribution >= 0.6 is 23.2 Å². The number of carbonyl (C=O) groups is 1. The van der Waals surface area contributed by atoms with Gasteiger partial charge in [-0.3, -0.25) is 4.98 Å². The van der Waals surface area contributed by atoms with Gasteiger partial charge >= 0.3 is 6.09 Å². The molecule has 1 aliphatic rings. The van der Waals surface area contributed by atoms with Crippen molar-refractivity contribution in [3.8, 4) is 0 Å². The monoisotopic (exact) mass is 487 g/mol. The Balaban J connectivity index is 1.55. The van der Waals surface area contributed by atoms with Crippen LogP contribution in [0.2, 0.25) is 10.0 Å². The number of benzene rings is 1. The van der Waals surface area contributed by atoms with E-state index in [2.05, 4.69) is 10.3 Å². The van der Waals surface area contributed by atoms with Crippen molar-refractivity contribution in [1.82, 2.24) is 14.6 Å². The summed E-state index contributed by atoms with van der Waals surface area (Å²) in [6, 6.07) is 7.67. The first kappa shape index (κ1) is 23.7. The maximum Gasteiger partial charge on any atom is 0.405 e. The Kier molecular flexibility index (Phi) is 8.12. The molecule has 1 fully saturated rings. The van der Waals surface area contributed by atoms with Crippen molar-refractivity contribution >= 4 is 39.3 Å². The van der Waals surface area contributed by atoms with Gasteiger partial charge in [-0.05, 0) is 42.2 Å². The summed E-state index contributed by atoms with van der Waals surface area (Å²) in [6.45, 7) is 0.975. The van der Waals surface area contributed by atoms with Crippen LogP contribution in [0.4, 0.5) is 4.79 Å². The summed E-state index contributed by atoms with van der Waals surface area (Å²) in [4.78, 5) is 15.1. The average Bonchev–Trinajstić information content (AvgIpc) is 2.74. The van der Waals surface area contributed by atoms with E-state index >= 15 is 0 Å². The molecule has 1 aliphatic heterocycles. The molecule has 1 atom stereocenters. The zero-order chi connectivity index (χ0) is 22.4. The number of sulfonamides is 1. The van der Waals surface area contributed by atoms with Gasteiger partial charge in [-0.1, -0.05) is 35.3 Å². The second-order valence-corrected chi connectivity index (χ2v) is 10.1. The van der Waals surface area contributed by atoms with E-state index in [1.54, 1.807) is 30.5 Å². The van der Waals surface area contributed by atoms with Crippen molar-refractivity contribution in [2.45, 2.75) is 31.6 Å². The van der Waals surface area contributed by atoms with Gasteiger partial charge in [-0.2, -0.15) is 0 Å². The number of hydrogen-bond donors (Lipinski definition) is 2. The van der Waals surface area contributed by atoms with Gasteiger partial charge in [-0.15, -0.1) is 0 Å². The van der Waals surface area contributed by atoms with Crippen LogP contribution < -0.4 is 5.32 Å². The molecule has 1 aromatic heterocycles. The number of carboxylic acid groups (broad SMARTS) is 1. The van der Waals surface area contributed by atoms with Crippen molar-refractivity contribution < 1.29 is 23.1 Å². The third kappa shape index (κ3) is 6.78. The van der Waals surface area contributed by atoms with Crippen molar-refractivity contribution in [1.29, 1.82) is 0 Å². The molecule has 11 heteroatoms. The first-order valence-corrected chi connectivity index (χ1v) is 12.0. The highest BCUT2D eigenvalue weighted by Crippen LogP contribution is 2.25. The number of hydrogen-bond acceptors (Lipinski definition) is 5. The highest BCUT2D eigenvalue weighted by molar-refractivity contribution is 7.89. The summed E-state index contributed by atoms with van der Waals surface area (Å²) in [5.74, 6) is -0.375. The number of halogens is 2. The summed E-state index contributed by atoms with van der Waals surface area (Å²) in [5.41, 5.74) is 1.39. The lowest BCUT2D eigenvalue weighted by Crippen LogP contribution is -2.44. The SMILES string of the molecule is O=C(O)NC(CS(=O)(=O)N1CCC(OCc2ccc(Cl)c(Cl)c2)CC1)c1cccnc1. The molecule has 2 aromatic rings. The van der Waals surface area contributed by atoms with Gasteiger partial charge in [0, 0.05) is 25.5 Å². The smallest absolute Gasteiger partial charge is 0.405 e. The lowest BCUT2D eigenvalue weighted by molar-refractivity contribution is 0.0102. The number of piperidine rings is 1. The number of nitrogens with zero attached hydrogens (tertiary/aromatic N) is 2. The lowest BCUT2D eigenvalue weighted by atomic mass is 10.1. The number of rotatable bonds is 8. The average molecular weight is 488 g/mol. The molecule has 168 valence electrons. The van der Waals surface area contributed by atoms with Gasteiger partial charge in [0.05, 0.1) is 34.6 Å². The van der Waals surface area contributed by atoms with Gasteiger partial charge in [0.2, 0.25) is 10.0 Å². The molecule has 0 bridgehead atoms. The predicted octanol–water partition coefficient (Wildman–Crippen LogP) is 3.71. The molecule has 0 aliphatic carbocycles. The molecule has 2 heterocycles. The highest BCUT2D eigenvalue weighted by atomic mass is 35.5. The first-order chi connectivity index (χ1) is 14.7. The standard InChI is InChI=1S/C20H23Cl2N3O5S/c21-17-4-3-14(10-18(17)22)12-30-16-5-8-25(9-6-16)31(28,29)13-19(24-20(26)27)15-2-1-7-23-11-15/h1-4,7,10-11,16,19,24H,5-6,8-9,12-13H2,(H,26,27). The maximum atomic E-state index is 12.9. The maximum absolute atomic E-state index is 12.9. The first-order valence-electron chi connectivity index (χ1n) is 9.67. The molecule has 31 heavy (non-hydrogen) atoms. The molecule has 8 nitrogen and oxygen atoms in total. The minimum atomic E-state index is -3.69. The molecule has 1 unspecified atom stereocenters. The third-order valence-electron chi connectivity index (χ3n) is 5.03. The summed E-state index contributed by atoms with van der Waals surface area (Å²) >= 11 is 11.9. The van der Waals surface area contributed by atoms with E-state index in [1.807, 2.05) is 6.07 Å². The van der Waals surface area contributed by atoms with E-state index in [9.17, 15) is 13.2 Å². The molecule has 0 spiro atoms. The molecule has 1 aromatic carbocycles.